The van der Waals surface area contributed by atoms with Crippen LogP contribution in [0.2, 0.25) is 0 Å². The van der Waals surface area contributed by atoms with Crippen LogP contribution in [0.1, 0.15) is 19.5 Å². The van der Waals surface area contributed by atoms with Crippen LogP contribution in [-0.4, -0.2) is 0 Å². The minimum absolute atomic E-state index is 1.41. The Morgan fingerprint density at radius 3 is 1.71 bits per heavy atom. The molecule has 0 fully saturated rings. The van der Waals surface area contributed by atoms with Crippen molar-refractivity contribution in [2.24, 2.45) is 0 Å². The first-order valence-electron chi connectivity index (χ1n) is 6.96. The second-order valence-corrected chi connectivity index (χ2v) is 8.91. The van der Waals surface area contributed by atoms with Crippen LogP contribution in [0, 0.1) is 27.7 Å². The van der Waals surface area contributed by atoms with Crippen LogP contribution in [0.15, 0.2) is 35.7 Å². The van der Waals surface area contributed by atoms with Crippen LogP contribution >= 0.6 is 34.0 Å². The largest absolute Gasteiger partial charge is 0.145 e. The number of aryl methyl sites for hydroxylation is 4. The van der Waals surface area contributed by atoms with E-state index in [-0.39, 0.29) is 0 Å². The average molecular weight is 331 g/mol. The molecule has 0 saturated heterocycles. The molecule has 4 aromatic rings. The fraction of sp³-hybridized carbons (Fsp3) is 0.222. The lowest BCUT2D eigenvalue weighted by Crippen LogP contribution is -1.65. The van der Waals surface area contributed by atoms with Gasteiger partial charge in [0.15, 0.2) is 0 Å². The molecule has 0 nitrogen and oxygen atoms in total. The zero-order valence-corrected chi connectivity index (χ0v) is 15.1. The summed E-state index contributed by atoms with van der Waals surface area (Å²) >= 11 is 5.63. The zero-order valence-electron chi connectivity index (χ0n) is 12.7. The van der Waals surface area contributed by atoms with Crippen LogP contribution in [0.4, 0.5) is 0 Å². The molecule has 21 heavy (non-hydrogen) atoms. The third-order valence-corrected chi connectivity index (χ3v) is 6.91. The van der Waals surface area contributed by atoms with Gasteiger partial charge in [-0.3, -0.25) is 0 Å². The summed E-state index contributed by atoms with van der Waals surface area (Å²) in [6.07, 6.45) is 0. The van der Waals surface area contributed by atoms with Crippen molar-refractivity contribution in [1.29, 1.82) is 0 Å². The maximum Gasteiger partial charge on any atom is 0.0481 e. The van der Waals surface area contributed by atoms with Gasteiger partial charge in [-0.2, -0.15) is 0 Å². The fourth-order valence-electron chi connectivity index (χ4n) is 2.63. The van der Waals surface area contributed by atoms with Crippen molar-refractivity contribution in [2.75, 3.05) is 0 Å². The highest BCUT2D eigenvalue weighted by Crippen LogP contribution is 2.33. The molecule has 0 unspecified atom stereocenters. The van der Waals surface area contributed by atoms with Crippen molar-refractivity contribution in [1.82, 2.24) is 0 Å². The maximum atomic E-state index is 2.21. The van der Waals surface area contributed by atoms with Gasteiger partial charge in [0.1, 0.15) is 0 Å². The molecule has 0 bridgehead atoms. The summed E-state index contributed by atoms with van der Waals surface area (Å²) in [5, 5.41) is 6.44. The Balaban J connectivity index is 0.000000126. The summed E-state index contributed by atoms with van der Waals surface area (Å²) in [6.45, 7) is 8.74. The molecule has 3 aromatic heterocycles. The van der Waals surface area contributed by atoms with Crippen LogP contribution in [-0.2, 0) is 0 Å². The number of thiophene rings is 3. The van der Waals surface area contributed by atoms with E-state index in [9.17, 15) is 0 Å². The molecule has 108 valence electrons. The fourth-order valence-corrected chi connectivity index (χ4v) is 5.79. The number of hydrogen-bond acceptors (Lipinski definition) is 3. The lowest BCUT2D eigenvalue weighted by molar-refractivity contribution is 1.67. The number of benzene rings is 1. The Morgan fingerprint density at radius 1 is 0.619 bits per heavy atom. The van der Waals surface area contributed by atoms with Crippen molar-refractivity contribution in [2.45, 2.75) is 27.7 Å². The van der Waals surface area contributed by atoms with Crippen molar-refractivity contribution in [3.05, 3.63) is 55.2 Å². The molecule has 0 aliphatic rings. The molecule has 0 spiro atoms. The summed E-state index contributed by atoms with van der Waals surface area (Å²) in [5.74, 6) is 0. The van der Waals surface area contributed by atoms with E-state index < -0.39 is 0 Å². The van der Waals surface area contributed by atoms with Gasteiger partial charge in [-0.25, -0.2) is 0 Å². The van der Waals surface area contributed by atoms with Crippen LogP contribution in [0.3, 0.4) is 0 Å². The molecule has 0 radical (unpaired) electrons. The Bertz CT molecular complexity index is 822. The number of hydrogen-bond donors (Lipinski definition) is 0. The van der Waals surface area contributed by atoms with E-state index in [1.54, 1.807) is 0 Å². The lowest BCUT2D eigenvalue weighted by atomic mass is 10.1. The van der Waals surface area contributed by atoms with Crippen molar-refractivity contribution in [3.63, 3.8) is 0 Å². The maximum absolute atomic E-state index is 2.21. The van der Waals surface area contributed by atoms with E-state index in [0.717, 1.165) is 0 Å². The highest BCUT2D eigenvalue weighted by atomic mass is 32.1. The number of rotatable bonds is 0. The molecule has 0 saturated carbocycles. The monoisotopic (exact) mass is 330 g/mol. The van der Waals surface area contributed by atoms with E-state index in [2.05, 4.69) is 63.4 Å². The first-order valence-corrected chi connectivity index (χ1v) is 9.47. The van der Waals surface area contributed by atoms with Gasteiger partial charge in [-0.05, 0) is 49.9 Å². The summed E-state index contributed by atoms with van der Waals surface area (Å²) in [4.78, 5) is 5.77. The van der Waals surface area contributed by atoms with Crippen LogP contribution in [0.25, 0.3) is 20.9 Å². The second-order valence-electron chi connectivity index (χ2n) is 5.14. The molecule has 0 amide bonds. The van der Waals surface area contributed by atoms with E-state index in [0.29, 0.717) is 0 Å². The Labute approximate surface area is 137 Å². The molecular weight excluding hydrogens is 312 g/mol. The normalized spacial score (nSPS) is 10.9. The smallest absolute Gasteiger partial charge is 0.0481 e. The molecule has 3 heterocycles. The first kappa shape index (κ1) is 14.8. The molecule has 0 N–H and O–H groups in total. The van der Waals surface area contributed by atoms with E-state index >= 15 is 0 Å². The predicted octanol–water partition coefficient (Wildman–Crippen LogP) is 7.10. The Hall–Kier alpha value is -1.16. The van der Waals surface area contributed by atoms with Gasteiger partial charge in [0.25, 0.3) is 0 Å². The van der Waals surface area contributed by atoms with Gasteiger partial charge in [-0.15, -0.1) is 34.0 Å². The van der Waals surface area contributed by atoms with Gasteiger partial charge >= 0.3 is 0 Å². The second kappa shape index (κ2) is 5.91. The summed E-state index contributed by atoms with van der Waals surface area (Å²) in [7, 11) is 0. The van der Waals surface area contributed by atoms with Gasteiger partial charge in [0, 0.05) is 29.6 Å². The Morgan fingerprint density at radius 2 is 1.14 bits per heavy atom. The van der Waals surface area contributed by atoms with E-state index in [1.807, 2.05) is 34.0 Å². The minimum atomic E-state index is 1.41. The lowest BCUT2D eigenvalue weighted by Gasteiger charge is -1.88. The molecule has 4 rings (SSSR count). The number of fused-ring (bicyclic) bond motifs is 2. The van der Waals surface area contributed by atoms with Gasteiger partial charge in [0.05, 0.1) is 0 Å². The molecule has 0 aliphatic heterocycles. The molecule has 0 atom stereocenters. The Kier molecular flexibility index (Phi) is 4.16. The van der Waals surface area contributed by atoms with E-state index in [1.165, 1.54) is 40.4 Å². The molecular formula is C18H18S3. The SMILES string of the molecule is Cc1sc(C)c2ccccc12.Cc1sc(C)c2sccc12. The highest BCUT2D eigenvalue weighted by molar-refractivity contribution is 7.23. The van der Waals surface area contributed by atoms with Gasteiger partial charge < -0.3 is 0 Å². The van der Waals surface area contributed by atoms with Crippen molar-refractivity contribution >= 4 is 54.9 Å². The highest BCUT2D eigenvalue weighted by Gasteiger charge is 2.04. The molecule has 3 heteroatoms. The third kappa shape index (κ3) is 2.78. The predicted molar refractivity (Wildman–Crippen MR) is 100 cm³/mol. The zero-order chi connectivity index (χ0) is 15.0. The standard InChI is InChI=1S/C10H10S.C8H8S2/c1-7-9-5-3-4-6-10(9)8(2)11-7;1-5-7-3-4-9-8(7)6(2)10-5/h3-6H,1-2H3;3-4H,1-2H3. The summed E-state index contributed by atoms with van der Waals surface area (Å²) in [5.41, 5.74) is 0. The van der Waals surface area contributed by atoms with Gasteiger partial charge in [-0.1, -0.05) is 24.3 Å². The molecule has 1 aromatic carbocycles. The average Bonchev–Trinajstić information content (AvgIpc) is 3.12. The van der Waals surface area contributed by atoms with Crippen LogP contribution in [0.5, 0.6) is 0 Å². The quantitative estimate of drug-likeness (QED) is 0.322. The van der Waals surface area contributed by atoms with Gasteiger partial charge in [0.2, 0.25) is 0 Å². The van der Waals surface area contributed by atoms with E-state index in [4.69, 9.17) is 0 Å². The first-order chi connectivity index (χ1) is 10.1. The molecule has 0 aliphatic carbocycles. The summed E-state index contributed by atoms with van der Waals surface area (Å²) < 4.78 is 1.47. The van der Waals surface area contributed by atoms with Crippen molar-refractivity contribution in [3.8, 4) is 0 Å². The third-order valence-electron chi connectivity index (χ3n) is 3.66. The topological polar surface area (TPSA) is 0 Å². The minimum Gasteiger partial charge on any atom is -0.145 e. The summed E-state index contributed by atoms with van der Waals surface area (Å²) in [6, 6.07) is 10.8. The van der Waals surface area contributed by atoms with Crippen LogP contribution < -0.4 is 0 Å². The van der Waals surface area contributed by atoms with Crippen molar-refractivity contribution < 1.29 is 0 Å².